The third-order valence-corrected chi connectivity index (χ3v) is 2.59. The predicted molar refractivity (Wildman–Crippen MR) is 67.6 cm³/mol. The van der Waals surface area contributed by atoms with E-state index >= 15 is 0 Å². The monoisotopic (exact) mass is 270 g/mol. The highest BCUT2D eigenvalue weighted by Crippen LogP contribution is 2.26. The highest BCUT2D eigenvalue weighted by atomic mass is 19.1. The third-order valence-electron chi connectivity index (χ3n) is 2.59. The molecule has 7 heteroatoms. The molecule has 6 nitrogen and oxygen atoms in total. The van der Waals surface area contributed by atoms with Gasteiger partial charge in [-0.1, -0.05) is 0 Å². The summed E-state index contributed by atoms with van der Waals surface area (Å²) in [6.07, 6.45) is 1.08. The van der Waals surface area contributed by atoms with Gasteiger partial charge in [-0.05, 0) is 31.9 Å². The number of rotatable bonds is 7. The van der Waals surface area contributed by atoms with Gasteiger partial charge in [0.05, 0.1) is 11.0 Å². The molecular formula is C12H15FN2O4. The molecule has 1 atom stereocenters. The number of carboxylic acids is 1. The molecule has 0 aliphatic heterocycles. The van der Waals surface area contributed by atoms with Crippen LogP contribution in [0.25, 0.3) is 0 Å². The number of halogens is 1. The molecule has 0 saturated heterocycles. The van der Waals surface area contributed by atoms with Crippen molar-refractivity contribution < 1.29 is 19.2 Å². The molecule has 0 bridgehead atoms. The van der Waals surface area contributed by atoms with Gasteiger partial charge in [0.25, 0.3) is 5.69 Å². The van der Waals surface area contributed by atoms with E-state index in [1.165, 1.54) is 6.07 Å². The average molecular weight is 270 g/mol. The van der Waals surface area contributed by atoms with E-state index in [-0.39, 0.29) is 23.8 Å². The Labute approximate surface area is 109 Å². The molecule has 0 aliphatic carbocycles. The SMILES string of the molecule is CC(CCCC(=O)O)Nc1ccc(F)cc1[N+](=O)[O-]. The fourth-order valence-corrected chi connectivity index (χ4v) is 1.68. The Balaban J connectivity index is 2.65. The van der Waals surface area contributed by atoms with Gasteiger partial charge in [-0.15, -0.1) is 0 Å². The minimum atomic E-state index is -0.875. The summed E-state index contributed by atoms with van der Waals surface area (Å²) in [4.78, 5) is 20.5. The summed E-state index contributed by atoms with van der Waals surface area (Å²) in [7, 11) is 0. The van der Waals surface area contributed by atoms with Crippen LogP contribution in [0.15, 0.2) is 18.2 Å². The van der Waals surface area contributed by atoms with Crippen LogP contribution < -0.4 is 5.32 Å². The summed E-state index contributed by atoms with van der Waals surface area (Å²) in [5.74, 6) is -1.55. The van der Waals surface area contributed by atoms with Gasteiger partial charge in [-0.2, -0.15) is 0 Å². The van der Waals surface area contributed by atoms with Gasteiger partial charge in [-0.25, -0.2) is 4.39 Å². The van der Waals surface area contributed by atoms with Crippen molar-refractivity contribution in [3.05, 3.63) is 34.1 Å². The number of anilines is 1. The first-order valence-electron chi connectivity index (χ1n) is 5.82. The molecule has 0 heterocycles. The molecule has 1 aromatic rings. The third kappa shape index (κ3) is 4.90. The Morgan fingerprint density at radius 1 is 1.58 bits per heavy atom. The molecule has 2 N–H and O–H groups in total. The maximum atomic E-state index is 12.9. The molecule has 1 rings (SSSR count). The topological polar surface area (TPSA) is 92.5 Å². The number of hydrogen-bond acceptors (Lipinski definition) is 4. The van der Waals surface area contributed by atoms with Gasteiger partial charge >= 0.3 is 5.97 Å². The van der Waals surface area contributed by atoms with E-state index in [2.05, 4.69) is 5.32 Å². The Morgan fingerprint density at radius 2 is 2.26 bits per heavy atom. The first-order valence-corrected chi connectivity index (χ1v) is 5.82. The summed E-state index contributed by atoms with van der Waals surface area (Å²) in [6.45, 7) is 1.79. The second-order valence-electron chi connectivity index (χ2n) is 4.25. The predicted octanol–water partition coefficient (Wildman–Crippen LogP) is 2.79. The quantitative estimate of drug-likeness (QED) is 0.587. The minimum absolute atomic E-state index is 0.0531. The van der Waals surface area contributed by atoms with Gasteiger partial charge in [-0.3, -0.25) is 14.9 Å². The Morgan fingerprint density at radius 3 is 2.84 bits per heavy atom. The summed E-state index contributed by atoms with van der Waals surface area (Å²) < 4.78 is 12.9. The van der Waals surface area contributed by atoms with Crippen molar-refractivity contribution in [2.45, 2.75) is 32.2 Å². The van der Waals surface area contributed by atoms with Crippen LogP contribution in [0.3, 0.4) is 0 Å². The van der Waals surface area contributed by atoms with Crippen LogP contribution in [0.5, 0.6) is 0 Å². The van der Waals surface area contributed by atoms with Crippen molar-refractivity contribution in [1.29, 1.82) is 0 Å². The molecule has 0 radical (unpaired) electrons. The van der Waals surface area contributed by atoms with E-state index in [1.54, 1.807) is 6.92 Å². The number of hydrogen-bond donors (Lipinski definition) is 2. The Kier molecular flexibility index (Phi) is 5.23. The fourth-order valence-electron chi connectivity index (χ4n) is 1.68. The number of carbonyl (C=O) groups is 1. The van der Waals surface area contributed by atoms with Crippen molar-refractivity contribution in [2.75, 3.05) is 5.32 Å². The standard InChI is InChI=1S/C12H15FN2O4/c1-8(3-2-4-12(16)17)14-10-6-5-9(13)7-11(10)15(18)19/h5-8,14H,2-4H2,1H3,(H,16,17). The second-order valence-corrected chi connectivity index (χ2v) is 4.25. The number of benzene rings is 1. The lowest BCUT2D eigenvalue weighted by Crippen LogP contribution is -2.16. The molecule has 0 saturated carbocycles. The number of carboxylic acid groups (broad SMARTS) is 1. The zero-order valence-corrected chi connectivity index (χ0v) is 10.4. The van der Waals surface area contributed by atoms with E-state index in [4.69, 9.17) is 5.11 Å². The maximum absolute atomic E-state index is 12.9. The summed E-state index contributed by atoms with van der Waals surface area (Å²) >= 11 is 0. The van der Waals surface area contributed by atoms with Crippen LogP contribution in [-0.4, -0.2) is 22.0 Å². The molecule has 0 spiro atoms. The zero-order chi connectivity index (χ0) is 14.4. The molecule has 1 unspecified atom stereocenters. The first kappa shape index (κ1) is 14.9. The largest absolute Gasteiger partial charge is 0.481 e. The number of aliphatic carboxylic acids is 1. The molecule has 0 fully saturated rings. The van der Waals surface area contributed by atoms with E-state index in [0.717, 1.165) is 12.1 Å². The molecule has 104 valence electrons. The van der Waals surface area contributed by atoms with Gasteiger partial charge in [0.1, 0.15) is 11.5 Å². The molecule has 0 amide bonds. The second kappa shape index (κ2) is 6.67. The lowest BCUT2D eigenvalue weighted by molar-refractivity contribution is -0.384. The maximum Gasteiger partial charge on any atom is 0.303 e. The summed E-state index contributed by atoms with van der Waals surface area (Å²) in [5, 5.41) is 22.2. The van der Waals surface area contributed by atoms with Crippen LogP contribution >= 0.6 is 0 Å². The number of nitrogens with zero attached hydrogens (tertiary/aromatic N) is 1. The molecule has 1 aromatic carbocycles. The average Bonchev–Trinajstić information content (AvgIpc) is 2.30. The molecule has 19 heavy (non-hydrogen) atoms. The van der Waals surface area contributed by atoms with Gasteiger partial charge < -0.3 is 10.4 Å². The van der Waals surface area contributed by atoms with E-state index in [1.807, 2.05) is 0 Å². The summed E-state index contributed by atoms with van der Waals surface area (Å²) in [5.41, 5.74) is -0.0979. The van der Waals surface area contributed by atoms with Crippen molar-refractivity contribution in [1.82, 2.24) is 0 Å². The van der Waals surface area contributed by atoms with Crippen LogP contribution in [0.4, 0.5) is 15.8 Å². The Bertz CT molecular complexity index is 479. The van der Waals surface area contributed by atoms with E-state index in [0.29, 0.717) is 12.8 Å². The van der Waals surface area contributed by atoms with Crippen molar-refractivity contribution >= 4 is 17.3 Å². The highest BCUT2D eigenvalue weighted by Gasteiger charge is 2.16. The van der Waals surface area contributed by atoms with Crippen molar-refractivity contribution in [2.24, 2.45) is 0 Å². The van der Waals surface area contributed by atoms with Gasteiger partial charge in [0, 0.05) is 12.5 Å². The number of nitro groups is 1. The van der Waals surface area contributed by atoms with Crippen LogP contribution in [0.1, 0.15) is 26.2 Å². The molecular weight excluding hydrogens is 255 g/mol. The van der Waals surface area contributed by atoms with Crippen LogP contribution in [0, 0.1) is 15.9 Å². The van der Waals surface area contributed by atoms with Gasteiger partial charge in [0.15, 0.2) is 0 Å². The van der Waals surface area contributed by atoms with E-state index in [9.17, 15) is 19.3 Å². The minimum Gasteiger partial charge on any atom is -0.481 e. The summed E-state index contributed by atoms with van der Waals surface area (Å²) in [6, 6.07) is 3.16. The molecule has 0 aromatic heterocycles. The number of nitro benzene ring substituents is 1. The van der Waals surface area contributed by atoms with Gasteiger partial charge in [0.2, 0.25) is 0 Å². The zero-order valence-electron chi connectivity index (χ0n) is 10.4. The van der Waals surface area contributed by atoms with Crippen molar-refractivity contribution in [3.8, 4) is 0 Å². The van der Waals surface area contributed by atoms with Crippen molar-refractivity contribution in [3.63, 3.8) is 0 Å². The number of nitrogens with one attached hydrogen (secondary N) is 1. The lowest BCUT2D eigenvalue weighted by Gasteiger charge is -2.14. The normalized spacial score (nSPS) is 11.9. The Hall–Kier alpha value is -2.18. The van der Waals surface area contributed by atoms with Crippen LogP contribution in [0.2, 0.25) is 0 Å². The van der Waals surface area contributed by atoms with Crippen LogP contribution in [-0.2, 0) is 4.79 Å². The van der Waals surface area contributed by atoms with E-state index < -0.39 is 16.7 Å². The molecule has 0 aliphatic rings. The fraction of sp³-hybridized carbons (Fsp3) is 0.417. The first-order chi connectivity index (χ1) is 8.90. The highest BCUT2D eigenvalue weighted by molar-refractivity contribution is 5.66. The smallest absolute Gasteiger partial charge is 0.303 e. The lowest BCUT2D eigenvalue weighted by atomic mass is 10.1.